The van der Waals surface area contributed by atoms with Crippen LogP contribution in [0.5, 0.6) is 0 Å². The maximum absolute atomic E-state index is 12.8. The Morgan fingerprint density at radius 2 is 1.75 bits per heavy atom. The van der Waals surface area contributed by atoms with E-state index in [2.05, 4.69) is 0 Å². The average Bonchev–Trinajstić information content (AvgIpc) is 3.22. The number of hydrogen-bond acceptors (Lipinski definition) is 4. The molecule has 4 rings (SSSR count). The van der Waals surface area contributed by atoms with Gasteiger partial charge in [0, 0.05) is 37.8 Å². The smallest absolute Gasteiger partial charge is 0.250 e. The highest BCUT2D eigenvalue weighted by Gasteiger charge is 2.51. The second kappa shape index (κ2) is 7.18. The van der Waals surface area contributed by atoms with Crippen molar-refractivity contribution in [3.05, 3.63) is 70.6 Å². The monoisotopic (exact) mass is 401 g/mol. The minimum atomic E-state index is -3.35. The summed E-state index contributed by atoms with van der Waals surface area (Å²) in [6.45, 7) is 1.43. The van der Waals surface area contributed by atoms with Gasteiger partial charge in [-0.2, -0.15) is 4.31 Å². The SMILES string of the molecule is CS(=O)(=O)N1C[C@H]2CN(C(=O)Cn3ccccc3=O)C[C@H]2[C@@H]1c1ccccc1. The zero-order valence-corrected chi connectivity index (χ0v) is 16.5. The number of rotatable bonds is 4. The van der Waals surface area contributed by atoms with E-state index < -0.39 is 10.0 Å². The maximum Gasteiger partial charge on any atom is 0.250 e. The van der Waals surface area contributed by atoms with E-state index in [9.17, 15) is 18.0 Å². The molecule has 2 fully saturated rings. The summed E-state index contributed by atoms with van der Waals surface area (Å²) in [6, 6.07) is 14.1. The van der Waals surface area contributed by atoms with Gasteiger partial charge >= 0.3 is 0 Å². The number of amides is 1. The van der Waals surface area contributed by atoms with Crippen molar-refractivity contribution in [1.29, 1.82) is 0 Å². The number of sulfonamides is 1. The summed E-state index contributed by atoms with van der Waals surface area (Å²) < 4.78 is 27.7. The van der Waals surface area contributed by atoms with Gasteiger partial charge in [0.1, 0.15) is 6.54 Å². The van der Waals surface area contributed by atoms with Gasteiger partial charge < -0.3 is 9.47 Å². The molecular formula is C20H23N3O4S. The van der Waals surface area contributed by atoms with Crippen LogP contribution in [0.15, 0.2) is 59.5 Å². The lowest BCUT2D eigenvalue weighted by Crippen LogP contribution is -2.39. The number of pyridine rings is 1. The Morgan fingerprint density at radius 1 is 1.04 bits per heavy atom. The summed E-state index contributed by atoms with van der Waals surface area (Å²) in [5.41, 5.74) is 0.745. The van der Waals surface area contributed by atoms with Crippen LogP contribution in [0, 0.1) is 11.8 Å². The first-order valence-corrected chi connectivity index (χ1v) is 11.1. The number of aromatic nitrogens is 1. The maximum atomic E-state index is 12.8. The van der Waals surface area contributed by atoms with Gasteiger partial charge in [0.15, 0.2) is 0 Å². The normalized spacial score (nSPS) is 25.0. The Kier molecular flexibility index (Phi) is 4.84. The van der Waals surface area contributed by atoms with E-state index in [1.807, 2.05) is 30.3 Å². The minimum absolute atomic E-state index is 0.00487. The van der Waals surface area contributed by atoms with Gasteiger partial charge in [-0.05, 0) is 17.5 Å². The lowest BCUT2D eigenvalue weighted by Gasteiger charge is -2.28. The molecule has 1 aromatic carbocycles. The van der Waals surface area contributed by atoms with Crippen molar-refractivity contribution < 1.29 is 13.2 Å². The third-order valence-corrected chi connectivity index (χ3v) is 6.97. The molecule has 0 bridgehead atoms. The highest BCUT2D eigenvalue weighted by Crippen LogP contribution is 2.46. The molecule has 8 heteroatoms. The second-order valence-corrected chi connectivity index (χ2v) is 9.51. The molecule has 3 heterocycles. The lowest BCUT2D eigenvalue weighted by molar-refractivity contribution is -0.131. The Hall–Kier alpha value is -2.45. The topological polar surface area (TPSA) is 79.7 Å². The van der Waals surface area contributed by atoms with Crippen LogP contribution >= 0.6 is 0 Å². The van der Waals surface area contributed by atoms with Crippen molar-refractivity contribution in [3.63, 3.8) is 0 Å². The van der Waals surface area contributed by atoms with Crippen molar-refractivity contribution in [1.82, 2.24) is 13.8 Å². The minimum Gasteiger partial charge on any atom is -0.340 e. The van der Waals surface area contributed by atoms with Crippen LogP contribution in [-0.2, 0) is 21.4 Å². The molecule has 0 N–H and O–H groups in total. The number of likely N-dealkylation sites (tertiary alicyclic amines) is 1. The van der Waals surface area contributed by atoms with E-state index in [0.717, 1.165) is 5.56 Å². The molecule has 3 atom stereocenters. The highest BCUT2D eigenvalue weighted by atomic mass is 32.2. The molecule has 2 aliphatic heterocycles. The molecule has 0 radical (unpaired) electrons. The van der Waals surface area contributed by atoms with E-state index in [-0.39, 0.29) is 35.9 Å². The van der Waals surface area contributed by atoms with Crippen LogP contribution in [0.3, 0.4) is 0 Å². The van der Waals surface area contributed by atoms with Gasteiger partial charge in [-0.1, -0.05) is 36.4 Å². The molecule has 148 valence electrons. The molecular weight excluding hydrogens is 378 g/mol. The molecule has 7 nitrogen and oxygen atoms in total. The first-order valence-electron chi connectivity index (χ1n) is 9.29. The van der Waals surface area contributed by atoms with Crippen molar-refractivity contribution in [2.75, 3.05) is 25.9 Å². The fraction of sp³-hybridized carbons (Fsp3) is 0.400. The molecule has 2 saturated heterocycles. The lowest BCUT2D eigenvalue weighted by atomic mass is 9.90. The summed E-state index contributed by atoms with van der Waals surface area (Å²) in [4.78, 5) is 26.4. The molecule has 28 heavy (non-hydrogen) atoms. The summed E-state index contributed by atoms with van der Waals surface area (Å²) in [5, 5.41) is 0. The standard InChI is InChI=1S/C20H23N3O4S/c1-28(26,27)23-12-16-11-22(19(25)14-21-10-6-5-9-18(21)24)13-17(16)20(23)15-7-3-2-4-8-15/h2-10,16-17,20H,11-14H2,1H3/t16-,17-,20+/m1/s1. The zero-order chi connectivity index (χ0) is 19.9. The number of fused-ring (bicyclic) bond motifs is 1. The molecule has 1 amide bonds. The van der Waals surface area contributed by atoms with Gasteiger partial charge in [-0.3, -0.25) is 9.59 Å². The molecule has 0 saturated carbocycles. The molecule has 0 aliphatic carbocycles. The second-order valence-electron chi connectivity index (χ2n) is 7.58. The predicted octanol–water partition coefficient (Wildman–Crippen LogP) is 0.939. The van der Waals surface area contributed by atoms with Crippen molar-refractivity contribution in [3.8, 4) is 0 Å². The number of nitrogens with zero attached hydrogens (tertiary/aromatic N) is 3. The molecule has 2 aliphatic rings. The first-order chi connectivity index (χ1) is 13.3. The van der Waals surface area contributed by atoms with Crippen LogP contribution in [0.25, 0.3) is 0 Å². The van der Waals surface area contributed by atoms with E-state index in [0.29, 0.717) is 19.6 Å². The Morgan fingerprint density at radius 3 is 2.43 bits per heavy atom. The van der Waals surface area contributed by atoms with Gasteiger partial charge in [0.25, 0.3) is 5.56 Å². The molecule has 2 aromatic rings. The van der Waals surface area contributed by atoms with Crippen molar-refractivity contribution in [2.45, 2.75) is 12.6 Å². The Balaban J connectivity index is 1.56. The summed E-state index contributed by atoms with van der Waals surface area (Å²) in [6.07, 6.45) is 2.85. The third kappa shape index (κ3) is 3.49. The number of carbonyl (C=O) groups excluding carboxylic acids is 1. The zero-order valence-electron chi connectivity index (χ0n) is 15.6. The molecule has 0 unspecified atom stereocenters. The van der Waals surface area contributed by atoms with Crippen LogP contribution in [0.2, 0.25) is 0 Å². The Labute approximate surface area is 164 Å². The average molecular weight is 401 g/mol. The molecule has 1 aromatic heterocycles. The Bertz CT molecular complexity index is 1030. The fourth-order valence-corrected chi connectivity index (χ4v) is 5.60. The number of benzene rings is 1. The van der Waals surface area contributed by atoms with Gasteiger partial charge in [-0.25, -0.2) is 8.42 Å². The third-order valence-electron chi connectivity index (χ3n) is 5.75. The van der Waals surface area contributed by atoms with Gasteiger partial charge in [0.2, 0.25) is 15.9 Å². The molecule has 0 spiro atoms. The van der Waals surface area contributed by atoms with Crippen molar-refractivity contribution in [2.24, 2.45) is 11.8 Å². The van der Waals surface area contributed by atoms with E-state index in [1.165, 1.54) is 16.9 Å². The van der Waals surface area contributed by atoms with Crippen LogP contribution in [-0.4, -0.2) is 54.0 Å². The first kappa shape index (κ1) is 18.9. The highest BCUT2D eigenvalue weighted by molar-refractivity contribution is 7.88. The van der Waals surface area contributed by atoms with Gasteiger partial charge in [0.05, 0.1) is 12.3 Å². The van der Waals surface area contributed by atoms with E-state index in [4.69, 9.17) is 0 Å². The quantitative estimate of drug-likeness (QED) is 0.764. The fourth-order valence-electron chi connectivity index (χ4n) is 4.45. The summed E-state index contributed by atoms with van der Waals surface area (Å²) in [5.74, 6) is 0.0327. The number of carbonyl (C=O) groups is 1. The van der Waals surface area contributed by atoms with Crippen LogP contribution in [0.1, 0.15) is 11.6 Å². The summed E-state index contributed by atoms with van der Waals surface area (Å²) in [7, 11) is -3.35. The van der Waals surface area contributed by atoms with Crippen LogP contribution < -0.4 is 5.56 Å². The van der Waals surface area contributed by atoms with E-state index in [1.54, 1.807) is 27.5 Å². The van der Waals surface area contributed by atoms with Crippen molar-refractivity contribution >= 4 is 15.9 Å². The van der Waals surface area contributed by atoms with Gasteiger partial charge in [-0.15, -0.1) is 0 Å². The summed E-state index contributed by atoms with van der Waals surface area (Å²) >= 11 is 0. The predicted molar refractivity (Wildman–Crippen MR) is 105 cm³/mol. The number of hydrogen-bond donors (Lipinski definition) is 0. The largest absolute Gasteiger partial charge is 0.340 e. The van der Waals surface area contributed by atoms with Crippen LogP contribution in [0.4, 0.5) is 0 Å². The van der Waals surface area contributed by atoms with E-state index >= 15 is 0 Å².